The first-order valence-corrected chi connectivity index (χ1v) is 6.74. The van der Waals surface area contributed by atoms with Gasteiger partial charge in [-0.15, -0.1) is 0 Å². The summed E-state index contributed by atoms with van der Waals surface area (Å²) in [5, 5.41) is 12.6. The lowest BCUT2D eigenvalue weighted by molar-refractivity contribution is 0.152. The first kappa shape index (κ1) is 12.6. The van der Waals surface area contributed by atoms with Gasteiger partial charge in [0, 0.05) is 4.47 Å². The third kappa shape index (κ3) is 2.70. The van der Waals surface area contributed by atoms with Gasteiger partial charge in [0.25, 0.3) is 0 Å². The summed E-state index contributed by atoms with van der Waals surface area (Å²) in [6.45, 7) is 4.26. The van der Waals surface area contributed by atoms with Crippen molar-refractivity contribution in [2.75, 3.05) is 0 Å². The molecule has 0 aliphatic rings. The van der Waals surface area contributed by atoms with Crippen molar-refractivity contribution in [3.63, 3.8) is 0 Å². The van der Waals surface area contributed by atoms with E-state index < -0.39 is 0 Å². The molecule has 0 aliphatic heterocycles. The van der Waals surface area contributed by atoms with Crippen LogP contribution < -0.4 is 0 Å². The molecule has 90 valence electrons. The van der Waals surface area contributed by atoms with Crippen molar-refractivity contribution in [3.05, 3.63) is 46.4 Å². The highest BCUT2D eigenvalue weighted by Gasteiger charge is 2.13. The second kappa shape index (κ2) is 5.19. The molecular weight excluding hydrogens is 276 g/mol. The number of aliphatic hydroxyl groups is 1. The Labute approximate surface area is 111 Å². The largest absolute Gasteiger partial charge is 0.388 e. The summed E-state index contributed by atoms with van der Waals surface area (Å²) in [6, 6.07) is 12.2. The van der Waals surface area contributed by atoms with E-state index in [1.54, 1.807) is 0 Å². The van der Waals surface area contributed by atoms with Crippen LogP contribution >= 0.6 is 15.9 Å². The van der Waals surface area contributed by atoms with Crippen LogP contribution in [0.2, 0.25) is 0 Å². The Kier molecular flexibility index (Phi) is 3.85. The van der Waals surface area contributed by atoms with Crippen LogP contribution in [0.25, 0.3) is 10.8 Å². The average molecular weight is 293 g/mol. The number of aliphatic hydroxyl groups excluding tert-OH is 1. The molecule has 0 radical (unpaired) electrons. The van der Waals surface area contributed by atoms with Gasteiger partial charge in [0.05, 0.1) is 6.10 Å². The fraction of sp³-hybridized carbons (Fsp3) is 0.333. The van der Waals surface area contributed by atoms with Gasteiger partial charge in [-0.1, -0.05) is 60.1 Å². The van der Waals surface area contributed by atoms with Gasteiger partial charge in [0.2, 0.25) is 0 Å². The Morgan fingerprint density at radius 3 is 2.35 bits per heavy atom. The molecule has 2 heteroatoms. The number of halogens is 1. The van der Waals surface area contributed by atoms with Gasteiger partial charge in [-0.05, 0) is 34.7 Å². The van der Waals surface area contributed by atoms with Gasteiger partial charge < -0.3 is 5.11 Å². The summed E-state index contributed by atoms with van der Waals surface area (Å²) >= 11 is 3.55. The molecule has 1 nitrogen and oxygen atoms in total. The van der Waals surface area contributed by atoms with Crippen LogP contribution in [-0.2, 0) is 0 Å². The zero-order valence-corrected chi connectivity index (χ0v) is 11.7. The molecule has 2 aromatic rings. The summed E-state index contributed by atoms with van der Waals surface area (Å²) < 4.78 is 1.08. The average Bonchev–Trinajstić information content (AvgIpc) is 2.29. The maximum absolute atomic E-state index is 10.3. The highest BCUT2D eigenvalue weighted by atomic mass is 79.9. The Balaban J connectivity index is 2.51. The standard InChI is InChI=1S/C15H17BrO/c1-10(2)9-15(17)13-7-8-14(16)12-6-4-3-5-11(12)13/h3-8,10,15,17H,9H2,1-2H3. The Hall–Kier alpha value is -0.860. The monoisotopic (exact) mass is 292 g/mol. The molecule has 1 atom stereocenters. The smallest absolute Gasteiger partial charge is 0.0798 e. The van der Waals surface area contributed by atoms with Crippen LogP contribution in [-0.4, -0.2) is 5.11 Å². The lowest BCUT2D eigenvalue weighted by atomic mass is 9.95. The molecule has 1 N–H and O–H groups in total. The Bertz CT molecular complexity index is 519. The second-order valence-electron chi connectivity index (χ2n) is 4.83. The summed E-state index contributed by atoms with van der Waals surface area (Å²) in [7, 11) is 0. The van der Waals surface area contributed by atoms with E-state index in [1.807, 2.05) is 24.3 Å². The summed E-state index contributed by atoms with van der Waals surface area (Å²) in [5.41, 5.74) is 1.03. The van der Waals surface area contributed by atoms with E-state index in [0.29, 0.717) is 5.92 Å². The van der Waals surface area contributed by atoms with Crippen molar-refractivity contribution in [2.24, 2.45) is 5.92 Å². The van der Waals surface area contributed by atoms with Gasteiger partial charge in [-0.3, -0.25) is 0 Å². The fourth-order valence-corrected chi connectivity index (χ4v) is 2.63. The number of benzene rings is 2. The molecule has 2 aromatic carbocycles. The van der Waals surface area contributed by atoms with Crippen molar-refractivity contribution in [3.8, 4) is 0 Å². The molecule has 0 bridgehead atoms. The van der Waals surface area contributed by atoms with Gasteiger partial charge in [0.15, 0.2) is 0 Å². The topological polar surface area (TPSA) is 20.2 Å². The lowest BCUT2D eigenvalue weighted by Gasteiger charge is -2.16. The SMILES string of the molecule is CC(C)CC(O)c1ccc(Br)c2ccccc12. The minimum Gasteiger partial charge on any atom is -0.388 e. The van der Waals surface area contributed by atoms with E-state index in [0.717, 1.165) is 27.2 Å². The molecule has 1 unspecified atom stereocenters. The van der Waals surface area contributed by atoms with E-state index in [1.165, 1.54) is 0 Å². The number of fused-ring (bicyclic) bond motifs is 1. The van der Waals surface area contributed by atoms with Crippen LogP contribution in [0.3, 0.4) is 0 Å². The van der Waals surface area contributed by atoms with E-state index in [9.17, 15) is 5.11 Å². The summed E-state index contributed by atoms with van der Waals surface area (Å²) in [4.78, 5) is 0. The van der Waals surface area contributed by atoms with Crippen molar-refractivity contribution < 1.29 is 5.11 Å². The molecule has 0 aliphatic carbocycles. The van der Waals surface area contributed by atoms with E-state index >= 15 is 0 Å². The normalized spacial score (nSPS) is 13.2. The zero-order chi connectivity index (χ0) is 12.4. The number of rotatable bonds is 3. The number of hydrogen-bond acceptors (Lipinski definition) is 1. The molecule has 0 fully saturated rings. The molecule has 0 heterocycles. The second-order valence-corrected chi connectivity index (χ2v) is 5.68. The fourth-order valence-electron chi connectivity index (χ4n) is 2.15. The highest BCUT2D eigenvalue weighted by Crippen LogP contribution is 2.32. The van der Waals surface area contributed by atoms with Gasteiger partial charge in [0.1, 0.15) is 0 Å². The van der Waals surface area contributed by atoms with Crippen LogP contribution in [0.1, 0.15) is 31.9 Å². The highest BCUT2D eigenvalue weighted by molar-refractivity contribution is 9.10. The molecule has 0 saturated carbocycles. The van der Waals surface area contributed by atoms with Crippen molar-refractivity contribution >= 4 is 26.7 Å². The minimum atomic E-state index is -0.381. The zero-order valence-electron chi connectivity index (χ0n) is 10.2. The van der Waals surface area contributed by atoms with E-state index in [4.69, 9.17) is 0 Å². The van der Waals surface area contributed by atoms with Gasteiger partial charge in [-0.25, -0.2) is 0 Å². The van der Waals surface area contributed by atoms with Crippen molar-refractivity contribution in [2.45, 2.75) is 26.4 Å². The maximum Gasteiger partial charge on any atom is 0.0798 e. The maximum atomic E-state index is 10.3. The summed E-state index contributed by atoms with van der Waals surface area (Å²) in [6.07, 6.45) is 0.416. The molecule has 0 spiro atoms. The molecule has 17 heavy (non-hydrogen) atoms. The van der Waals surface area contributed by atoms with Crippen LogP contribution in [0.15, 0.2) is 40.9 Å². The predicted octanol–water partition coefficient (Wildman–Crippen LogP) is 4.68. The molecular formula is C15H17BrO. The Morgan fingerprint density at radius 1 is 1.06 bits per heavy atom. The van der Waals surface area contributed by atoms with Crippen LogP contribution in [0.5, 0.6) is 0 Å². The van der Waals surface area contributed by atoms with Crippen LogP contribution in [0.4, 0.5) is 0 Å². The third-order valence-corrected chi connectivity index (χ3v) is 3.65. The minimum absolute atomic E-state index is 0.381. The van der Waals surface area contributed by atoms with E-state index in [2.05, 4.69) is 41.9 Å². The van der Waals surface area contributed by atoms with Crippen molar-refractivity contribution in [1.29, 1.82) is 0 Å². The first-order chi connectivity index (χ1) is 8.09. The van der Waals surface area contributed by atoms with Crippen molar-refractivity contribution in [1.82, 2.24) is 0 Å². The molecule has 0 aromatic heterocycles. The number of hydrogen-bond donors (Lipinski definition) is 1. The molecule has 0 amide bonds. The van der Waals surface area contributed by atoms with Crippen LogP contribution in [0, 0.1) is 5.92 Å². The summed E-state index contributed by atoms with van der Waals surface area (Å²) in [5.74, 6) is 0.493. The first-order valence-electron chi connectivity index (χ1n) is 5.95. The quantitative estimate of drug-likeness (QED) is 0.871. The predicted molar refractivity (Wildman–Crippen MR) is 76.1 cm³/mol. The lowest BCUT2D eigenvalue weighted by Crippen LogP contribution is -2.02. The van der Waals surface area contributed by atoms with E-state index in [-0.39, 0.29) is 6.10 Å². The molecule has 0 saturated heterocycles. The third-order valence-electron chi connectivity index (χ3n) is 2.96. The van der Waals surface area contributed by atoms with Gasteiger partial charge in [-0.2, -0.15) is 0 Å². The molecule has 2 rings (SSSR count). The Morgan fingerprint density at radius 2 is 1.71 bits per heavy atom. The van der Waals surface area contributed by atoms with Gasteiger partial charge >= 0.3 is 0 Å².